The molecule has 1 aromatic rings. The quantitative estimate of drug-likeness (QED) is 0.918. The van der Waals surface area contributed by atoms with Gasteiger partial charge in [0.1, 0.15) is 0 Å². The molecule has 114 valence electrons. The highest BCUT2D eigenvalue weighted by atomic mass is 32.2. The summed E-state index contributed by atoms with van der Waals surface area (Å²) in [7, 11) is -2.87. The van der Waals surface area contributed by atoms with E-state index in [9.17, 15) is 8.42 Å². The first kappa shape index (κ1) is 15.7. The Morgan fingerprint density at radius 3 is 2.80 bits per heavy atom. The third kappa shape index (κ3) is 4.17. The molecular weight excluding hydrogens is 294 g/mol. The standard InChI is InChI=1S/C13H23N3O2S2/c1-10-9-20(17,18)6-5-16(10)12-15-11(8-19-12)7-14-13(2,3)4/h8,10,14H,5-7,9H2,1-4H3. The van der Waals surface area contributed by atoms with Crippen molar-refractivity contribution in [1.29, 1.82) is 0 Å². The molecule has 1 aliphatic heterocycles. The molecular formula is C13H23N3O2S2. The lowest BCUT2D eigenvalue weighted by Gasteiger charge is -2.32. The molecule has 1 saturated heterocycles. The molecule has 1 N–H and O–H groups in total. The average molecular weight is 317 g/mol. The van der Waals surface area contributed by atoms with Gasteiger partial charge >= 0.3 is 0 Å². The van der Waals surface area contributed by atoms with Gasteiger partial charge in [-0.2, -0.15) is 0 Å². The monoisotopic (exact) mass is 317 g/mol. The number of hydrogen-bond donors (Lipinski definition) is 1. The number of hydrogen-bond acceptors (Lipinski definition) is 6. The summed E-state index contributed by atoms with van der Waals surface area (Å²) in [4.78, 5) is 6.73. The molecule has 20 heavy (non-hydrogen) atoms. The predicted octanol–water partition coefficient (Wildman–Crippen LogP) is 1.65. The van der Waals surface area contributed by atoms with Crippen molar-refractivity contribution in [3.63, 3.8) is 0 Å². The van der Waals surface area contributed by atoms with Gasteiger partial charge in [-0.25, -0.2) is 13.4 Å². The largest absolute Gasteiger partial charge is 0.343 e. The molecule has 0 saturated carbocycles. The van der Waals surface area contributed by atoms with E-state index in [1.54, 1.807) is 11.3 Å². The first-order valence-corrected chi connectivity index (χ1v) is 9.53. The highest BCUT2D eigenvalue weighted by Gasteiger charge is 2.29. The second-order valence-electron chi connectivity index (χ2n) is 6.38. The number of sulfone groups is 1. The molecule has 2 rings (SSSR count). The molecule has 0 aliphatic carbocycles. The van der Waals surface area contributed by atoms with E-state index >= 15 is 0 Å². The number of thiazole rings is 1. The summed E-state index contributed by atoms with van der Waals surface area (Å²) in [5.41, 5.74) is 1.08. The van der Waals surface area contributed by atoms with E-state index < -0.39 is 9.84 Å². The number of anilines is 1. The zero-order valence-electron chi connectivity index (χ0n) is 12.5. The van der Waals surface area contributed by atoms with Gasteiger partial charge < -0.3 is 10.2 Å². The van der Waals surface area contributed by atoms with E-state index in [0.717, 1.165) is 17.4 Å². The summed E-state index contributed by atoms with van der Waals surface area (Å²) in [5.74, 6) is 0.453. The van der Waals surface area contributed by atoms with Crippen LogP contribution in [0.1, 0.15) is 33.4 Å². The minimum Gasteiger partial charge on any atom is -0.343 e. The summed E-state index contributed by atoms with van der Waals surface area (Å²) < 4.78 is 23.2. The molecule has 1 aliphatic rings. The smallest absolute Gasteiger partial charge is 0.185 e. The van der Waals surface area contributed by atoms with Gasteiger partial charge in [-0.3, -0.25) is 0 Å². The van der Waals surface area contributed by atoms with Crippen LogP contribution in [0.2, 0.25) is 0 Å². The van der Waals surface area contributed by atoms with Crippen molar-refractivity contribution in [3.05, 3.63) is 11.1 Å². The zero-order chi connectivity index (χ0) is 15.0. The second kappa shape index (κ2) is 5.61. The van der Waals surface area contributed by atoms with E-state index in [1.807, 2.05) is 12.3 Å². The topological polar surface area (TPSA) is 62.3 Å². The fourth-order valence-corrected chi connectivity index (χ4v) is 4.66. The molecule has 1 fully saturated rings. The van der Waals surface area contributed by atoms with Crippen molar-refractivity contribution in [3.8, 4) is 0 Å². The van der Waals surface area contributed by atoms with Gasteiger partial charge in [-0.1, -0.05) is 0 Å². The molecule has 7 heteroatoms. The maximum absolute atomic E-state index is 11.6. The first-order chi connectivity index (χ1) is 9.16. The Labute approximate surface area is 125 Å². The Hall–Kier alpha value is -0.660. The molecule has 0 spiro atoms. The molecule has 0 aromatic carbocycles. The van der Waals surface area contributed by atoms with Gasteiger partial charge in [0, 0.05) is 30.1 Å². The highest BCUT2D eigenvalue weighted by molar-refractivity contribution is 7.91. The summed E-state index contributed by atoms with van der Waals surface area (Å²) in [6.07, 6.45) is 0. The third-order valence-corrected chi connectivity index (χ3v) is 5.98. The van der Waals surface area contributed by atoms with Crippen molar-refractivity contribution in [1.82, 2.24) is 10.3 Å². The molecule has 0 bridgehead atoms. The van der Waals surface area contributed by atoms with Crippen LogP contribution in [0.25, 0.3) is 0 Å². The van der Waals surface area contributed by atoms with Crippen molar-refractivity contribution in [2.75, 3.05) is 23.0 Å². The maximum atomic E-state index is 11.6. The number of aromatic nitrogens is 1. The summed E-state index contributed by atoms with van der Waals surface area (Å²) in [5, 5.41) is 6.38. The predicted molar refractivity (Wildman–Crippen MR) is 84.2 cm³/mol. The van der Waals surface area contributed by atoms with E-state index in [2.05, 4.69) is 36.0 Å². The van der Waals surface area contributed by atoms with Gasteiger partial charge in [-0.05, 0) is 27.7 Å². The molecule has 2 heterocycles. The highest BCUT2D eigenvalue weighted by Crippen LogP contribution is 2.25. The summed E-state index contributed by atoms with van der Waals surface area (Å²) in [6.45, 7) is 9.60. The fourth-order valence-electron chi connectivity index (χ4n) is 2.15. The van der Waals surface area contributed by atoms with Crippen LogP contribution in [0.5, 0.6) is 0 Å². The normalized spacial score (nSPS) is 23.0. The molecule has 1 aromatic heterocycles. The molecule has 1 unspecified atom stereocenters. The Morgan fingerprint density at radius 1 is 1.50 bits per heavy atom. The SMILES string of the molecule is CC1CS(=O)(=O)CCN1c1nc(CNC(C)(C)C)cs1. The molecule has 1 atom stereocenters. The number of nitrogens with one attached hydrogen (secondary N) is 1. The minimum atomic E-state index is -2.87. The Bertz CT molecular complexity index is 560. The van der Waals surface area contributed by atoms with Crippen LogP contribution in [-0.4, -0.2) is 43.0 Å². The Morgan fingerprint density at radius 2 is 2.20 bits per heavy atom. The lowest BCUT2D eigenvalue weighted by atomic mass is 10.1. The Kier molecular flexibility index (Phi) is 4.41. The van der Waals surface area contributed by atoms with Crippen LogP contribution >= 0.6 is 11.3 Å². The van der Waals surface area contributed by atoms with Crippen LogP contribution in [0, 0.1) is 0 Å². The van der Waals surface area contributed by atoms with Crippen molar-refractivity contribution >= 4 is 26.3 Å². The molecule has 5 nitrogen and oxygen atoms in total. The van der Waals surface area contributed by atoms with Crippen LogP contribution in [0.4, 0.5) is 5.13 Å². The average Bonchev–Trinajstić information content (AvgIpc) is 2.72. The van der Waals surface area contributed by atoms with E-state index in [0.29, 0.717) is 6.54 Å². The van der Waals surface area contributed by atoms with Gasteiger partial charge in [-0.15, -0.1) is 11.3 Å². The van der Waals surface area contributed by atoms with Gasteiger partial charge in [0.15, 0.2) is 15.0 Å². The van der Waals surface area contributed by atoms with Crippen LogP contribution < -0.4 is 10.2 Å². The van der Waals surface area contributed by atoms with E-state index in [4.69, 9.17) is 0 Å². The maximum Gasteiger partial charge on any atom is 0.185 e. The Balaban J connectivity index is 2.02. The van der Waals surface area contributed by atoms with E-state index in [1.165, 1.54) is 0 Å². The second-order valence-corrected chi connectivity index (χ2v) is 9.45. The van der Waals surface area contributed by atoms with E-state index in [-0.39, 0.29) is 23.1 Å². The van der Waals surface area contributed by atoms with Crippen molar-refractivity contribution in [2.24, 2.45) is 0 Å². The molecule has 0 amide bonds. The molecule has 0 radical (unpaired) electrons. The summed E-state index contributed by atoms with van der Waals surface area (Å²) >= 11 is 1.59. The summed E-state index contributed by atoms with van der Waals surface area (Å²) in [6, 6.07) is 0.00308. The number of nitrogens with zero attached hydrogens (tertiary/aromatic N) is 2. The van der Waals surface area contributed by atoms with Crippen LogP contribution in [-0.2, 0) is 16.4 Å². The van der Waals surface area contributed by atoms with Crippen LogP contribution in [0.15, 0.2) is 5.38 Å². The van der Waals surface area contributed by atoms with Gasteiger partial charge in [0.05, 0.1) is 17.2 Å². The fraction of sp³-hybridized carbons (Fsp3) is 0.769. The van der Waals surface area contributed by atoms with Crippen molar-refractivity contribution in [2.45, 2.75) is 45.8 Å². The lowest BCUT2D eigenvalue weighted by molar-refractivity contribution is 0.422. The minimum absolute atomic E-state index is 0.00308. The number of rotatable bonds is 3. The van der Waals surface area contributed by atoms with Gasteiger partial charge in [0.2, 0.25) is 0 Å². The first-order valence-electron chi connectivity index (χ1n) is 6.83. The van der Waals surface area contributed by atoms with Crippen LogP contribution in [0.3, 0.4) is 0 Å². The van der Waals surface area contributed by atoms with Gasteiger partial charge in [0.25, 0.3) is 0 Å². The lowest BCUT2D eigenvalue weighted by Crippen LogP contribution is -2.47. The zero-order valence-corrected chi connectivity index (χ0v) is 14.1. The van der Waals surface area contributed by atoms with Crippen molar-refractivity contribution < 1.29 is 8.42 Å². The third-order valence-electron chi connectivity index (χ3n) is 3.26.